The van der Waals surface area contributed by atoms with E-state index < -0.39 is 0 Å². The van der Waals surface area contributed by atoms with Gasteiger partial charge in [-0.1, -0.05) is 6.92 Å². The zero-order chi connectivity index (χ0) is 5.41. The molecule has 0 atom stereocenters. The van der Waals surface area contributed by atoms with Gasteiger partial charge in [0.15, 0.2) is 0 Å². The molecule has 0 saturated carbocycles. The minimum atomic E-state index is 0.319. The van der Waals surface area contributed by atoms with Gasteiger partial charge in [0.2, 0.25) is 0 Å². The van der Waals surface area contributed by atoms with E-state index in [1.165, 1.54) is 0 Å². The molecule has 0 aliphatic rings. The second-order valence-electron chi connectivity index (χ2n) is 0.724. The maximum absolute atomic E-state index is 7.88. The molecule has 0 aromatic rings. The van der Waals surface area contributed by atoms with Gasteiger partial charge in [-0.05, 0) is 6.42 Å². The molecule has 0 heterocycles. The van der Waals surface area contributed by atoms with Crippen molar-refractivity contribution in [2.75, 3.05) is 6.61 Å². The summed E-state index contributed by atoms with van der Waals surface area (Å²) < 4.78 is 0. The van der Waals surface area contributed by atoms with Crippen LogP contribution in [0.5, 0.6) is 0 Å². The quantitative estimate of drug-likeness (QED) is 0.570. The van der Waals surface area contributed by atoms with E-state index in [1.807, 2.05) is 6.92 Å². The molecule has 0 rings (SSSR count). The van der Waals surface area contributed by atoms with Crippen LogP contribution in [-0.4, -0.2) is 31.3 Å². The average Bonchev–Trinajstić information content (AvgIpc) is 1.72. The zero-order valence-corrected chi connectivity index (χ0v) is 6.95. The van der Waals surface area contributed by atoms with Crippen molar-refractivity contribution in [2.24, 2.45) is 0 Å². The number of hydrogen-bond acceptors (Lipinski definition) is 1. The van der Waals surface area contributed by atoms with Gasteiger partial charge in [0.1, 0.15) is 0 Å². The average molecular weight is 164 g/mol. The second-order valence-corrected chi connectivity index (χ2v) is 0.724. The van der Waals surface area contributed by atoms with E-state index in [-0.39, 0.29) is 0 Å². The molecule has 0 aliphatic carbocycles. The summed E-state index contributed by atoms with van der Waals surface area (Å²) in [5, 5.41) is 7.88. The SMILES string of the molecule is CCCO.[Mg+2][Br]. The molecule has 6 heavy (non-hydrogen) atoms. The van der Waals surface area contributed by atoms with Crippen LogP contribution in [0.25, 0.3) is 0 Å². The Bertz CT molecular complexity index is 12.8. The zero-order valence-electron chi connectivity index (χ0n) is 3.95. The van der Waals surface area contributed by atoms with E-state index in [2.05, 4.69) is 12.9 Å². The lowest BCUT2D eigenvalue weighted by molar-refractivity contribution is 0.295. The summed E-state index contributed by atoms with van der Waals surface area (Å²) in [6.07, 6.45) is 0.875. The molecule has 0 aromatic heterocycles. The molecule has 0 saturated heterocycles. The predicted octanol–water partition coefficient (Wildman–Crippen LogP) is 0.853. The van der Waals surface area contributed by atoms with E-state index >= 15 is 0 Å². The van der Waals surface area contributed by atoms with Gasteiger partial charge in [0.05, 0.1) is 0 Å². The van der Waals surface area contributed by atoms with Gasteiger partial charge < -0.3 is 5.11 Å². The Morgan fingerprint density at radius 3 is 1.83 bits per heavy atom. The summed E-state index contributed by atoms with van der Waals surface area (Å²) in [4.78, 5) is 0. The molecule has 0 bridgehead atoms. The van der Waals surface area contributed by atoms with Crippen molar-refractivity contribution < 1.29 is 5.11 Å². The van der Waals surface area contributed by atoms with Crippen molar-refractivity contribution in [3.8, 4) is 0 Å². The molecule has 1 nitrogen and oxygen atoms in total. The van der Waals surface area contributed by atoms with Crippen LogP contribution >= 0.6 is 12.9 Å². The number of aliphatic hydroxyl groups excluding tert-OH is 1. The van der Waals surface area contributed by atoms with Crippen LogP contribution in [0.4, 0.5) is 0 Å². The number of hydrogen-bond donors (Lipinski definition) is 1. The van der Waals surface area contributed by atoms with Crippen LogP contribution in [0.2, 0.25) is 0 Å². The van der Waals surface area contributed by atoms with Crippen molar-refractivity contribution in [3.63, 3.8) is 0 Å². The molecule has 0 spiro atoms. The summed E-state index contributed by atoms with van der Waals surface area (Å²) in [7, 11) is 0. The van der Waals surface area contributed by atoms with E-state index in [4.69, 9.17) is 5.11 Å². The van der Waals surface area contributed by atoms with Gasteiger partial charge in [-0.15, -0.1) is 0 Å². The minimum absolute atomic E-state index is 0.319. The molecule has 1 N–H and O–H groups in total. The largest absolute Gasteiger partial charge is 1.52 e. The fourth-order valence-electron chi connectivity index (χ4n) is 0. The highest BCUT2D eigenvalue weighted by molar-refractivity contribution is 9.22. The first-order chi connectivity index (χ1) is 2.91. The van der Waals surface area contributed by atoms with Gasteiger partial charge in [0.25, 0.3) is 0 Å². The van der Waals surface area contributed by atoms with Crippen LogP contribution < -0.4 is 0 Å². The lowest BCUT2D eigenvalue weighted by Gasteiger charge is -1.69. The fourth-order valence-corrected chi connectivity index (χ4v) is 0. The van der Waals surface area contributed by atoms with Crippen LogP contribution in [0, 0.1) is 0 Å². The van der Waals surface area contributed by atoms with Crippen molar-refractivity contribution >= 4 is 32.4 Å². The Kier molecular flexibility index (Phi) is 27.9. The monoisotopic (exact) mass is 163 g/mol. The number of halogens is 1. The van der Waals surface area contributed by atoms with Gasteiger partial charge in [-0.2, -0.15) is 0 Å². The topological polar surface area (TPSA) is 20.2 Å². The lowest BCUT2D eigenvalue weighted by atomic mass is 10.5. The van der Waals surface area contributed by atoms with E-state index in [0.717, 1.165) is 6.42 Å². The maximum Gasteiger partial charge on any atom is 1.52 e. The molecule has 0 amide bonds. The van der Waals surface area contributed by atoms with Gasteiger partial charge in [-0.3, -0.25) is 0 Å². The van der Waals surface area contributed by atoms with Crippen molar-refractivity contribution in [1.29, 1.82) is 0 Å². The smallest absolute Gasteiger partial charge is 0.396 e. The first-order valence-electron chi connectivity index (χ1n) is 1.79. The molecule has 3 heteroatoms. The third-order valence-electron chi connectivity index (χ3n) is 0.224. The maximum atomic E-state index is 7.88. The van der Waals surface area contributed by atoms with E-state index in [1.54, 1.807) is 19.5 Å². The molecule has 0 unspecified atom stereocenters. The van der Waals surface area contributed by atoms with Gasteiger partial charge >= 0.3 is 32.4 Å². The van der Waals surface area contributed by atoms with Crippen LogP contribution in [0.15, 0.2) is 0 Å². The summed E-state index contributed by atoms with van der Waals surface area (Å²) in [6, 6.07) is 0. The highest BCUT2D eigenvalue weighted by Crippen LogP contribution is 1.61. The lowest BCUT2D eigenvalue weighted by Crippen LogP contribution is -1.69. The number of aliphatic hydroxyl groups is 1. The Morgan fingerprint density at radius 2 is 1.83 bits per heavy atom. The molecule has 0 fully saturated rings. The van der Waals surface area contributed by atoms with E-state index in [0.29, 0.717) is 6.61 Å². The first-order valence-corrected chi connectivity index (χ1v) is 5.69. The van der Waals surface area contributed by atoms with Crippen LogP contribution in [0.3, 0.4) is 0 Å². The first kappa shape index (κ1) is 10.2. The predicted molar refractivity (Wildman–Crippen MR) is 32.1 cm³/mol. The van der Waals surface area contributed by atoms with Crippen molar-refractivity contribution in [1.82, 2.24) is 0 Å². The molecule has 0 aromatic carbocycles. The van der Waals surface area contributed by atoms with Gasteiger partial charge in [0, 0.05) is 6.61 Å². The minimum Gasteiger partial charge on any atom is -0.396 e. The highest BCUT2D eigenvalue weighted by atomic mass is 79.9. The van der Waals surface area contributed by atoms with Crippen molar-refractivity contribution in [3.05, 3.63) is 0 Å². The molecule has 33 valence electrons. The molecular formula is C3H8BrMgO+2. The van der Waals surface area contributed by atoms with Crippen LogP contribution in [0.1, 0.15) is 13.3 Å². The summed E-state index contributed by atoms with van der Waals surface area (Å²) in [5.74, 6) is 0. The van der Waals surface area contributed by atoms with Crippen molar-refractivity contribution in [2.45, 2.75) is 13.3 Å². The third-order valence-corrected chi connectivity index (χ3v) is 0.224. The summed E-state index contributed by atoms with van der Waals surface area (Å²) >= 11 is 4.64. The number of rotatable bonds is 1. The summed E-state index contributed by atoms with van der Waals surface area (Å²) in [5.41, 5.74) is 0. The summed E-state index contributed by atoms with van der Waals surface area (Å²) in [6.45, 7) is 2.25. The Balaban J connectivity index is 0. The second kappa shape index (κ2) is 16.4. The van der Waals surface area contributed by atoms with E-state index in [9.17, 15) is 0 Å². The van der Waals surface area contributed by atoms with Crippen LogP contribution in [-0.2, 0) is 0 Å². The Hall–Kier alpha value is 1.21. The molecular weight excluding hydrogens is 156 g/mol. The highest BCUT2D eigenvalue weighted by Gasteiger charge is 2.13. The molecule has 0 aliphatic heterocycles. The normalized spacial score (nSPS) is 6.00. The molecule has 7 radical (unpaired) electrons. The third kappa shape index (κ3) is 18.9. The standard InChI is InChI=1S/C3H8O.BrH.Mg/c1-2-3-4;;/h4H,2-3H2,1H3;1H;/q;;+3/p-1. The fraction of sp³-hybridized carbons (Fsp3) is 1.00. The Morgan fingerprint density at radius 1 is 1.67 bits per heavy atom. The van der Waals surface area contributed by atoms with Gasteiger partial charge in [-0.25, -0.2) is 0 Å². The Labute approximate surface area is 57.4 Å².